The summed E-state index contributed by atoms with van der Waals surface area (Å²) < 4.78 is 1.15. The first-order valence-electron chi connectivity index (χ1n) is 2.71. The molecular formula is C6H9BrClNS. The number of hydrogen-bond acceptors (Lipinski definition) is 2. The summed E-state index contributed by atoms with van der Waals surface area (Å²) in [6.07, 6.45) is 0. The number of nitrogens with two attached hydrogens (primary N) is 1. The molecule has 1 atom stereocenters. The minimum Gasteiger partial charge on any atom is -0.324 e. The average molecular weight is 243 g/mol. The van der Waals surface area contributed by atoms with Crippen LogP contribution in [0.4, 0.5) is 0 Å². The van der Waals surface area contributed by atoms with Crippen LogP contribution >= 0.6 is 39.7 Å². The van der Waals surface area contributed by atoms with E-state index in [1.165, 1.54) is 4.88 Å². The van der Waals surface area contributed by atoms with E-state index >= 15 is 0 Å². The van der Waals surface area contributed by atoms with Gasteiger partial charge in [0.2, 0.25) is 0 Å². The van der Waals surface area contributed by atoms with Gasteiger partial charge < -0.3 is 5.73 Å². The van der Waals surface area contributed by atoms with Crippen LogP contribution in [0.15, 0.2) is 15.9 Å². The molecule has 4 heteroatoms. The van der Waals surface area contributed by atoms with E-state index in [2.05, 4.69) is 15.9 Å². The van der Waals surface area contributed by atoms with Gasteiger partial charge in [-0.15, -0.1) is 23.7 Å². The number of halogens is 2. The van der Waals surface area contributed by atoms with Crippen LogP contribution in [0.2, 0.25) is 0 Å². The van der Waals surface area contributed by atoms with Crippen molar-refractivity contribution in [2.75, 3.05) is 0 Å². The SMILES string of the molecule is C[C@H](N)c1ccc(Br)s1.Cl. The maximum atomic E-state index is 5.62. The molecule has 0 saturated carbocycles. The number of thiophene rings is 1. The predicted molar refractivity (Wildman–Crippen MR) is 51.9 cm³/mol. The number of hydrogen-bond donors (Lipinski definition) is 1. The molecule has 0 amide bonds. The highest BCUT2D eigenvalue weighted by molar-refractivity contribution is 9.11. The van der Waals surface area contributed by atoms with Crippen LogP contribution in [0.1, 0.15) is 17.8 Å². The van der Waals surface area contributed by atoms with E-state index in [4.69, 9.17) is 5.73 Å². The largest absolute Gasteiger partial charge is 0.324 e. The van der Waals surface area contributed by atoms with Crippen molar-refractivity contribution in [3.05, 3.63) is 20.8 Å². The van der Waals surface area contributed by atoms with Crippen LogP contribution < -0.4 is 5.73 Å². The van der Waals surface area contributed by atoms with Gasteiger partial charge in [0, 0.05) is 10.9 Å². The summed E-state index contributed by atoms with van der Waals surface area (Å²) in [5.41, 5.74) is 5.62. The Labute approximate surface area is 79.2 Å². The van der Waals surface area contributed by atoms with Gasteiger partial charge in [-0.05, 0) is 35.0 Å². The zero-order valence-corrected chi connectivity index (χ0v) is 8.72. The Morgan fingerprint density at radius 2 is 2.20 bits per heavy atom. The average Bonchev–Trinajstić information content (AvgIpc) is 2.14. The molecule has 1 heterocycles. The fourth-order valence-corrected chi connectivity index (χ4v) is 1.95. The zero-order chi connectivity index (χ0) is 6.85. The third-order valence-electron chi connectivity index (χ3n) is 1.04. The molecule has 1 aromatic heterocycles. The molecule has 1 rings (SSSR count). The lowest BCUT2D eigenvalue weighted by atomic mass is 10.3. The second kappa shape index (κ2) is 4.34. The molecule has 0 unspecified atom stereocenters. The first kappa shape index (κ1) is 10.4. The third kappa shape index (κ3) is 2.58. The van der Waals surface area contributed by atoms with Gasteiger partial charge in [0.1, 0.15) is 0 Å². The van der Waals surface area contributed by atoms with Gasteiger partial charge in [-0.25, -0.2) is 0 Å². The van der Waals surface area contributed by atoms with E-state index < -0.39 is 0 Å². The fraction of sp³-hybridized carbons (Fsp3) is 0.333. The van der Waals surface area contributed by atoms with Gasteiger partial charge in [0.15, 0.2) is 0 Å². The van der Waals surface area contributed by atoms with Gasteiger partial charge in [-0.2, -0.15) is 0 Å². The van der Waals surface area contributed by atoms with Crippen molar-refractivity contribution in [2.24, 2.45) is 5.73 Å². The Hall–Kier alpha value is 0.430. The molecule has 0 aliphatic rings. The fourth-order valence-electron chi connectivity index (χ4n) is 0.573. The lowest BCUT2D eigenvalue weighted by Gasteiger charge is -1.96. The highest BCUT2D eigenvalue weighted by atomic mass is 79.9. The molecule has 0 spiro atoms. The molecule has 0 aliphatic carbocycles. The highest BCUT2D eigenvalue weighted by Crippen LogP contribution is 2.25. The van der Waals surface area contributed by atoms with E-state index in [0.29, 0.717) is 0 Å². The van der Waals surface area contributed by atoms with E-state index in [1.54, 1.807) is 11.3 Å². The van der Waals surface area contributed by atoms with E-state index in [1.807, 2.05) is 19.1 Å². The maximum absolute atomic E-state index is 5.62. The van der Waals surface area contributed by atoms with Gasteiger partial charge in [0.05, 0.1) is 3.79 Å². The molecule has 0 aliphatic heterocycles. The van der Waals surface area contributed by atoms with Crippen molar-refractivity contribution in [1.82, 2.24) is 0 Å². The van der Waals surface area contributed by atoms with Crippen LogP contribution in [0.3, 0.4) is 0 Å². The summed E-state index contributed by atoms with van der Waals surface area (Å²) >= 11 is 5.05. The molecule has 0 saturated heterocycles. The van der Waals surface area contributed by atoms with Gasteiger partial charge in [-0.1, -0.05) is 0 Å². The van der Waals surface area contributed by atoms with Gasteiger partial charge in [0.25, 0.3) is 0 Å². The molecule has 2 N–H and O–H groups in total. The Kier molecular flexibility index (Phi) is 4.52. The number of rotatable bonds is 1. The Morgan fingerprint density at radius 3 is 2.40 bits per heavy atom. The van der Waals surface area contributed by atoms with Crippen molar-refractivity contribution in [2.45, 2.75) is 13.0 Å². The molecule has 58 valence electrons. The Bertz CT molecular complexity index is 199. The molecular weight excluding hydrogens is 233 g/mol. The molecule has 0 radical (unpaired) electrons. The summed E-state index contributed by atoms with van der Waals surface area (Å²) in [6.45, 7) is 1.98. The molecule has 1 aromatic rings. The summed E-state index contributed by atoms with van der Waals surface area (Å²) in [4.78, 5) is 1.22. The van der Waals surface area contributed by atoms with Crippen molar-refractivity contribution < 1.29 is 0 Å². The van der Waals surface area contributed by atoms with E-state index in [9.17, 15) is 0 Å². The lowest BCUT2D eigenvalue weighted by molar-refractivity contribution is 0.838. The van der Waals surface area contributed by atoms with Crippen LogP contribution in [0.25, 0.3) is 0 Å². The highest BCUT2D eigenvalue weighted by Gasteiger charge is 2.00. The van der Waals surface area contributed by atoms with Crippen molar-refractivity contribution in [3.63, 3.8) is 0 Å². The van der Waals surface area contributed by atoms with Crippen LogP contribution in [-0.2, 0) is 0 Å². The van der Waals surface area contributed by atoms with Crippen molar-refractivity contribution in [3.8, 4) is 0 Å². The molecule has 0 aromatic carbocycles. The summed E-state index contributed by atoms with van der Waals surface area (Å²) in [5, 5.41) is 0. The van der Waals surface area contributed by atoms with Crippen molar-refractivity contribution in [1.29, 1.82) is 0 Å². The standard InChI is InChI=1S/C6H8BrNS.ClH/c1-4(8)5-2-3-6(7)9-5;/h2-4H,8H2,1H3;1H/t4-;/m0./s1. The third-order valence-corrected chi connectivity index (χ3v) is 2.87. The normalized spacial score (nSPS) is 12.3. The van der Waals surface area contributed by atoms with Gasteiger partial charge in [-0.3, -0.25) is 0 Å². The van der Waals surface area contributed by atoms with Crippen LogP contribution in [-0.4, -0.2) is 0 Å². The van der Waals surface area contributed by atoms with Crippen molar-refractivity contribution >= 4 is 39.7 Å². The molecule has 0 bridgehead atoms. The van der Waals surface area contributed by atoms with E-state index in [-0.39, 0.29) is 18.4 Å². The monoisotopic (exact) mass is 241 g/mol. The van der Waals surface area contributed by atoms with E-state index in [0.717, 1.165) is 3.79 Å². The van der Waals surface area contributed by atoms with Crippen LogP contribution in [0.5, 0.6) is 0 Å². The van der Waals surface area contributed by atoms with Gasteiger partial charge >= 0.3 is 0 Å². The smallest absolute Gasteiger partial charge is 0.0701 e. The quantitative estimate of drug-likeness (QED) is 0.805. The molecule has 10 heavy (non-hydrogen) atoms. The second-order valence-electron chi connectivity index (χ2n) is 1.93. The lowest BCUT2D eigenvalue weighted by Crippen LogP contribution is -2.01. The Morgan fingerprint density at radius 1 is 1.60 bits per heavy atom. The minimum atomic E-state index is 0. The summed E-state index contributed by atoms with van der Waals surface area (Å²) in [5.74, 6) is 0. The molecule has 1 nitrogen and oxygen atoms in total. The summed E-state index contributed by atoms with van der Waals surface area (Å²) in [7, 11) is 0. The first-order valence-corrected chi connectivity index (χ1v) is 4.32. The maximum Gasteiger partial charge on any atom is 0.0701 e. The Balaban J connectivity index is 0.000000810. The second-order valence-corrected chi connectivity index (χ2v) is 4.43. The summed E-state index contributed by atoms with van der Waals surface area (Å²) in [6, 6.07) is 4.23. The topological polar surface area (TPSA) is 26.0 Å². The molecule has 0 fully saturated rings. The first-order chi connectivity index (χ1) is 4.20. The zero-order valence-electron chi connectivity index (χ0n) is 5.50. The van der Waals surface area contributed by atoms with Crippen LogP contribution in [0, 0.1) is 0 Å². The minimum absolute atomic E-state index is 0. The predicted octanol–water partition coefficient (Wildman–Crippen LogP) is 2.95.